The van der Waals surface area contributed by atoms with Crippen LogP contribution in [0, 0.1) is 15.9 Å². The molecule has 0 saturated carbocycles. The fourth-order valence-electron chi connectivity index (χ4n) is 0.960. The van der Waals surface area contributed by atoms with Gasteiger partial charge >= 0.3 is 5.69 Å². The van der Waals surface area contributed by atoms with E-state index in [9.17, 15) is 14.5 Å². The van der Waals surface area contributed by atoms with Crippen molar-refractivity contribution < 1.29 is 9.31 Å². The molecule has 0 heterocycles. The highest BCUT2D eigenvalue weighted by Crippen LogP contribution is 2.29. The summed E-state index contributed by atoms with van der Waals surface area (Å²) in [6.45, 7) is 0. The number of benzene rings is 1. The Bertz CT molecular complexity index is 422. The van der Waals surface area contributed by atoms with Crippen LogP contribution >= 0.6 is 11.6 Å². The maximum atomic E-state index is 13.1. The second kappa shape index (κ2) is 4.70. The number of nitro groups is 1. The Balaban J connectivity index is 3.29. The number of hydrogen-bond acceptors (Lipinski definition) is 3. The fourth-order valence-corrected chi connectivity index (χ4v) is 1.02. The topological polar surface area (TPSA) is 81.5 Å². The molecule has 0 aromatic heterocycles. The zero-order valence-corrected chi connectivity index (χ0v) is 8.24. The van der Waals surface area contributed by atoms with Crippen molar-refractivity contribution in [3.05, 3.63) is 34.1 Å². The highest BCUT2D eigenvalue weighted by Gasteiger charge is 2.19. The Labute approximate surface area is 89.5 Å². The molecular formula is C8H7ClFN3O2. The Morgan fingerprint density at radius 2 is 2.33 bits per heavy atom. The minimum Gasteiger partial charge on any atom is -0.386 e. The SMILES string of the molecule is NC(CCl)=Nc1cccc(F)c1[N+](=O)[O-]. The van der Waals surface area contributed by atoms with Crippen LogP contribution in [0.1, 0.15) is 0 Å². The molecule has 2 N–H and O–H groups in total. The first-order chi connectivity index (χ1) is 7.06. The summed E-state index contributed by atoms with van der Waals surface area (Å²) in [4.78, 5) is 13.3. The molecule has 0 amide bonds. The molecule has 1 aromatic rings. The molecule has 5 nitrogen and oxygen atoms in total. The maximum absolute atomic E-state index is 13.1. The molecule has 0 spiro atoms. The van der Waals surface area contributed by atoms with Crippen LogP contribution in [0.15, 0.2) is 23.2 Å². The fraction of sp³-hybridized carbons (Fsp3) is 0.125. The number of para-hydroxylation sites is 1. The van der Waals surface area contributed by atoms with E-state index >= 15 is 0 Å². The molecule has 1 aromatic carbocycles. The molecule has 0 aliphatic rings. The van der Waals surface area contributed by atoms with E-state index in [1.807, 2.05) is 0 Å². The minimum atomic E-state index is -0.955. The number of nitrogens with zero attached hydrogens (tertiary/aromatic N) is 2. The van der Waals surface area contributed by atoms with E-state index in [2.05, 4.69) is 4.99 Å². The average molecular weight is 232 g/mol. The van der Waals surface area contributed by atoms with E-state index in [0.29, 0.717) is 0 Å². The third-order valence-corrected chi connectivity index (χ3v) is 1.82. The van der Waals surface area contributed by atoms with Crippen LogP contribution in [0.3, 0.4) is 0 Å². The summed E-state index contributed by atoms with van der Waals surface area (Å²) < 4.78 is 13.1. The van der Waals surface area contributed by atoms with Gasteiger partial charge in [-0.05, 0) is 12.1 Å². The molecule has 0 fully saturated rings. The second-order valence-electron chi connectivity index (χ2n) is 2.60. The molecule has 0 aliphatic carbocycles. The van der Waals surface area contributed by atoms with Crippen LogP contribution in [-0.2, 0) is 0 Å². The van der Waals surface area contributed by atoms with Crippen LogP contribution < -0.4 is 5.73 Å². The van der Waals surface area contributed by atoms with Gasteiger partial charge in [0.1, 0.15) is 11.5 Å². The molecule has 0 bridgehead atoms. The molecule has 1 rings (SSSR count). The van der Waals surface area contributed by atoms with Gasteiger partial charge in [-0.15, -0.1) is 11.6 Å². The van der Waals surface area contributed by atoms with Crippen molar-refractivity contribution in [3.8, 4) is 0 Å². The molecule has 80 valence electrons. The number of aliphatic imine (C=N–C) groups is 1. The van der Waals surface area contributed by atoms with Crippen LogP contribution in [0.5, 0.6) is 0 Å². The molecule has 0 saturated heterocycles. The monoisotopic (exact) mass is 231 g/mol. The van der Waals surface area contributed by atoms with Crippen molar-refractivity contribution in [2.24, 2.45) is 10.7 Å². The molecule has 15 heavy (non-hydrogen) atoms. The van der Waals surface area contributed by atoms with E-state index in [4.69, 9.17) is 17.3 Å². The normalized spacial score (nSPS) is 11.5. The molecule has 0 unspecified atom stereocenters. The second-order valence-corrected chi connectivity index (χ2v) is 2.87. The number of amidine groups is 1. The standard InChI is InChI=1S/C8H7ClFN3O2/c9-4-7(11)12-6-3-1-2-5(10)8(6)13(14)15/h1-3H,4H2,(H2,11,12). The summed E-state index contributed by atoms with van der Waals surface area (Å²) in [6, 6.07) is 3.58. The molecule has 0 radical (unpaired) electrons. The van der Waals surface area contributed by atoms with E-state index < -0.39 is 16.4 Å². The summed E-state index contributed by atoms with van der Waals surface area (Å²) in [5.41, 5.74) is 4.45. The third-order valence-electron chi connectivity index (χ3n) is 1.55. The van der Waals surface area contributed by atoms with Crippen molar-refractivity contribution >= 4 is 28.8 Å². The summed E-state index contributed by atoms with van der Waals surface area (Å²) >= 11 is 5.35. The van der Waals surface area contributed by atoms with Crippen molar-refractivity contribution in [2.75, 3.05) is 5.88 Å². The van der Waals surface area contributed by atoms with Crippen molar-refractivity contribution in [2.45, 2.75) is 0 Å². The van der Waals surface area contributed by atoms with Gasteiger partial charge in [0.15, 0.2) is 0 Å². The Morgan fingerprint density at radius 1 is 1.67 bits per heavy atom. The molecular weight excluding hydrogens is 225 g/mol. The smallest absolute Gasteiger partial charge is 0.330 e. The number of nitrogens with two attached hydrogens (primary N) is 1. The van der Waals surface area contributed by atoms with Crippen molar-refractivity contribution in [3.63, 3.8) is 0 Å². The Morgan fingerprint density at radius 3 is 2.87 bits per heavy atom. The highest BCUT2D eigenvalue weighted by molar-refractivity contribution is 6.28. The summed E-state index contributed by atoms with van der Waals surface area (Å²) in [7, 11) is 0. The first kappa shape index (κ1) is 11.4. The van der Waals surface area contributed by atoms with E-state index in [-0.39, 0.29) is 17.4 Å². The largest absolute Gasteiger partial charge is 0.386 e. The lowest BCUT2D eigenvalue weighted by molar-refractivity contribution is -0.386. The van der Waals surface area contributed by atoms with Gasteiger partial charge in [-0.2, -0.15) is 4.39 Å². The van der Waals surface area contributed by atoms with Crippen molar-refractivity contribution in [1.29, 1.82) is 0 Å². The average Bonchev–Trinajstić information content (AvgIpc) is 2.17. The minimum absolute atomic E-state index is 0.00892. The van der Waals surface area contributed by atoms with Gasteiger partial charge in [-0.3, -0.25) is 10.1 Å². The first-order valence-corrected chi connectivity index (χ1v) is 4.41. The Kier molecular flexibility index (Phi) is 3.56. The van der Waals surface area contributed by atoms with Crippen LogP contribution in [0.25, 0.3) is 0 Å². The predicted octanol–water partition coefficient (Wildman–Crippen LogP) is 1.96. The lowest BCUT2D eigenvalue weighted by atomic mass is 10.2. The van der Waals surface area contributed by atoms with Gasteiger partial charge < -0.3 is 5.73 Å². The highest BCUT2D eigenvalue weighted by atomic mass is 35.5. The Hall–Kier alpha value is -1.69. The van der Waals surface area contributed by atoms with Gasteiger partial charge in [0.05, 0.1) is 10.8 Å². The lowest BCUT2D eigenvalue weighted by Gasteiger charge is -1.99. The zero-order chi connectivity index (χ0) is 11.4. The zero-order valence-electron chi connectivity index (χ0n) is 7.48. The van der Waals surface area contributed by atoms with Crippen LogP contribution in [0.4, 0.5) is 15.8 Å². The molecule has 7 heteroatoms. The summed E-state index contributed by atoms with van der Waals surface area (Å²) in [6.07, 6.45) is 0. The number of rotatable bonds is 3. The quantitative estimate of drug-likeness (QED) is 0.284. The molecule has 0 atom stereocenters. The summed E-state index contributed by atoms with van der Waals surface area (Å²) in [5.74, 6) is -1.04. The van der Waals surface area contributed by atoms with Gasteiger partial charge in [-0.1, -0.05) is 6.07 Å². The van der Waals surface area contributed by atoms with Crippen LogP contribution in [0.2, 0.25) is 0 Å². The van der Waals surface area contributed by atoms with E-state index in [1.165, 1.54) is 12.1 Å². The van der Waals surface area contributed by atoms with Gasteiger partial charge in [0.2, 0.25) is 5.82 Å². The molecule has 0 aliphatic heterocycles. The van der Waals surface area contributed by atoms with Crippen LogP contribution in [-0.4, -0.2) is 16.6 Å². The number of hydrogen-bond donors (Lipinski definition) is 1. The first-order valence-electron chi connectivity index (χ1n) is 3.88. The van der Waals surface area contributed by atoms with Gasteiger partial charge in [0, 0.05) is 0 Å². The van der Waals surface area contributed by atoms with Crippen molar-refractivity contribution in [1.82, 2.24) is 0 Å². The number of alkyl halides is 1. The lowest BCUT2D eigenvalue weighted by Crippen LogP contribution is -2.12. The number of halogens is 2. The van der Waals surface area contributed by atoms with E-state index in [0.717, 1.165) is 6.07 Å². The predicted molar refractivity (Wildman–Crippen MR) is 55.1 cm³/mol. The summed E-state index contributed by atoms with van der Waals surface area (Å²) in [5, 5.41) is 10.5. The van der Waals surface area contributed by atoms with Gasteiger partial charge in [-0.25, -0.2) is 4.99 Å². The third kappa shape index (κ3) is 2.63. The van der Waals surface area contributed by atoms with E-state index in [1.54, 1.807) is 0 Å². The van der Waals surface area contributed by atoms with Gasteiger partial charge in [0.25, 0.3) is 0 Å². The maximum Gasteiger partial charge on any atom is 0.330 e. The number of nitro benzene ring substituents is 1.